The summed E-state index contributed by atoms with van der Waals surface area (Å²) in [6.07, 6.45) is 7.01. The third-order valence-electron chi connectivity index (χ3n) is 4.76. The van der Waals surface area contributed by atoms with Crippen LogP contribution in [0.5, 0.6) is 0 Å². The van der Waals surface area contributed by atoms with Gasteiger partial charge in [-0.25, -0.2) is 18.1 Å². The number of hydrogen-bond acceptors (Lipinski definition) is 5. The van der Waals surface area contributed by atoms with Crippen molar-refractivity contribution in [2.24, 2.45) is 7.05 Å². The number of fused-ring (bicyclic) bond motifs is 2. The van der Waals surface area contributed by atoms with E-state index in [2.05, 4.69) is 15.0 Å². The maximum atomic E-state index is 12.3. The number of aromatic nitrogens is 2. The molecular weight excluding hydrogens is 354 g/mol. The largest absolute Gasteiger partial charge is 0.342 e. The van der Waals surface area contributed by atoms with Crippen molar-refractivity contribution in [2.45, 2.75) is 48.8 Å². The molecule has 2 atom stereocenters. The average Bonchev–Trinajstić information content (AvgIpc) is 3.10. The third-order valence-corrected chi connectivity index (χ3v) is 6.05. The molecule has 0 radical (unpaired) electrons. The maximum Gasteiger partial charge on any atom is 0.260 e. The normalized spacial score (nSPS) is 26.0. The van der Waals surface area contributed by atoms with E-state index in [9.17, 15) is 13.2 Å². The van der Waals surface area contributed by atoms with E-state index in [1.807, 2.05) is 0 Å². The first-order valence-electron chi connectivity index (χ1n) is 7.84. The molecule has 1 aromatic rings. The van der Waals surface area contributed by atoms with Gasteiger partial charge in [-0.1, -0.05) is 0 Å². The first-order chi connectivity index (χ1) is 10.8. The van der Waals surface area contributed by atoms with Crippen LogP contribution >= 0.6 is 12.4 Å². The number of nitrogens with one attached hydrogen (secondary N) is 2. The van der Waals surface area contributed by atoms with E-state index in [0.29, 0.717) is 12.1 Å². The van der Waals surface area contributed by atoms with E-state index in [1.165, 1.54) is 12.5 Å². The molecule has 1 aromatic heterocycles. The molecule has 0 aromatic carbocycles. The van der Waals surface area contributed by atoms with Gasteiger partial charge >= 0.3 is 0 Å². The minimum atomic E-state index is -3.75. The zero-order chi connectivity index (χ0) is 16.6. The van der Waals surface area contributed by atoms with Crippen LogP contribution in [0.2, 0.25) is 0 Å². The molecule has 2 unspecified atom stereocenters. The average molecular weight is 378 g/mol. The summed E-state index contributed by atoms with van der Waals surface area (Å²) in [5.41, 5.74) is 0. The highest BCUT2D eigenvalue weighted by Crippen LogP contribution is 2.29. The molecular formula is C14H24ClN5O3S. The van der Waals surface area contributed by atoms with E-state index in [-0.39, 0.29) is 35.9 Å². The fourth-order valence-corrected chi connectivity index (χ4v) is 4.38. The van der Waals surface area contributed by atoms with E-state index >= 15 is 0 Å². The standard InChI is InChI=1S/C14H23N5O3S.ClH/c1-18-8-13(15-9-18)23(21,22)16-7-14(20)19(2)12-5-10-3-4-11(6-12)17-10;/h8-12,16-17H,3-7H2,1-2H3;1H. The monoisotopic (exact) mass is 377 g/mol. The smallest absolute Gasteiger partial charge is 0.260 e. The fraction of sp³-hybridized carbons (Fsp3) is 0.714. The Morgan fingerprint density at radius 2 is 2.04 bits per heavy atom. The van der Waals surface area contributed by atoms with E-state index in [0.717, 1.165) is 25.7 Å². The summed E-state index contributed by atoms with van der Waals surface area (Å²) >= 11 is 0. The molecule has 24 heavy (non-hydrogen) atoms. The molecule has 3 heterocycles. The van der Waals surface area contributed by atoms with Gasteiger partial charge in [0.15, 0.2) is 5.03 Å². The van der Waals surface area contributed by atoms with Crippen molar-refractivity contribution in [3.63, 3.8) is 0 Å². The minimum Gasteiger partial charge on any atom is -0.342 e. The topological polar surface area (TPSA) is 96.3 Å². The molecule has 0 spiro atoms. The van der Waals surface area contributed by atoms with Gasteiger partial charge in [0.25, 0.3) is 10.0 Å². The van der Waals surface area contributed by atoms with Crippen LogP contribution in [-0.4, -0.2) is 60.5 Å². The minimum absolute atomic E-state index is 0. The van der Waals surface area contributed by atoms with Crippen LogP contribution in [0.25, 0.3) is 0 Å². The van der Waals surface area contributed by atoms with Crippen LogP contribution in [0.4, 0.5) is 0 Å². The van der Waals surface area contributed by atoms with Gasteiger partial charge in [-0.05, 0) is 25.7 Å². The van der Waals surface area contributed by atoms with Crippen molar-refractivity contribution >= 4 is 28.3 Å². The number of imidazole rings is 1. The van der Waals surface area contributed by atoms with Gasteiger partial charge in [0.1, 0.15) is 0 Å². The highest BCUT2D eigenvalue weighted by atomic mass is 35.5. The van der Waals surface area contributed by atoms with Crippen LogP contribution in [-0.2, 0) is 21.9 Å². The van der Waals surface area contributed by atoms with Crippen molar-refractivity contribution in [3.8, 4) is 0 Å². The highest BCUT2D eigenvalue weighted by Gasteiger charge is 2.36. The molecule has 2 aliphatic rings. The number of hydrogen-bond donors (Lipinski definition) is 2. The molecule has 2 aliphatic heterocycles. The molecule has 3 rings (SSSR count). The molecule has 10 heteroatoms. The summed E-state index contributed by atoms with van der Waals surface area (Å²) in [5.74, 6) is -0.212. The Bertz CT molecular complexity index is 680. The lowest BCUT2D eigenvalue weighted by molar-refractivity contribution is -0.131. The summed E-state index contributed by atoms with van der Waals surface area (Å²) in [7, 11) is -0.302. The van der Waals surface area contributed by atoms with Crippen molar-refractivity contribution in [1.29, 1.82) is 0 Å². The van der Waals surface area contributed by atoms with Gasteiger partial charge in [0.2, 0.25) is 5.91 Å². The molecule has 8 nitrogen and oxygen atoms in total. The van der Waals surface area contributed by atoms with Crippen molar-refractivity contribution in [2.75, 3.05) is 13.6 Å². The summed E-state index contributed by atoms with van der Waals surface area (Å²) in [6, 6.07) is 1.15. The zero-order valence-corrected chi connectivity index (χ0v) is 15.4. The van der Waals surface area contributed by atoms with Crippen LogP contribution in [0, 0.1) is 0 Å². The zero-order valence-electron chi connectivity index (χ0n) is 13.8. The number of piperidine rings is 1. The Balaban J connectivity index is 0.00000208. The Morgan fingerprint density at radius 1 is 1.42 bits per heavy atom. The van der Waals surface area contributed by atoms with Gasteiger partial charge < -0.3 is 14.8 Å². The van der Waals surface area contributed by atoms with E-state index in [1.54, 1.807) is 23.6 Å². The molecule has 2 fully saturated rings. The first kappa shape index (κ1) is 19.2. The lowest BCUT2D eigenvalue weighted by atomic mass is 9.98. The summed E-state index contributed by atoms with van der Waals surface area (Å²) < 4.78 is 28.1. The van der Waals surface area contributed by atoms with Crippen molar-refractivity contribution < 1.29 is 13.2 Å². The first-order valence-corrected chi connectivity index (χ1v) is 9.33. The summed E-state index contributed by atoms with van der Waals surface area (Å²) in [5, 5.41) is 3.46. The van der Waals surface area contributed by atoms with Crippen LogP contribution in [0.15, 0.2) is 17.6 Å². The molecule has 2 saturated heterocycles. The SMILES string of the molecule is CN(C(=O)CNS(=O)(=O)c1cn(C)cn1)C1CC2CCC(C1)N2.Cl. The lowest BCUT2D eigenvalue weighted by Crippen LogP contribution is -2.50. The maximum absolute atomic E-state index is 12.3. The van der Waals surface area contributed by atoms with Gasteiger partial charge in [-0.15, -0.1) is 12.4 Å². The van der Waals surface area contributed by atoms with Crippen molar-refractivity contribution in [1.82, 2.24) is 24.5 Å². The number of carbonyl (C=O) groups excluding carboxylic acids is 1. The molecule has 136 valence electrons. The predicted octanol–water partition coefficient (Wildman–Crippen LogP) is -0.138. The van der Waals surface area contributed by atoms with Crippen LogP contribution in [0.1, 0.15) is 25.7 Å². The predicted molar refractivity (Wildman–Crippen MR) is 91.4 cm³/mol. The van der Waals surface area contributed by atoms with Crippen molar-refractivity contribution in [3.05, 3.63) is 12.5 Å². The van der Waals surface area contributed by atoms with Gasteiger partial charge in [-0.3, -0.25) is 4.79 Å². The Kier molecular flexibility index (Phi) is 5.90. The number of rotatable bonds is 5. The fourth-order valence-electron chi connectivity index (χ4n) is 3.43. The number of aryl methyl sites for hydroxylation is 1. The number of halogens is 1. The van der Waals surface area contributed by atoms with Gasteiger partial charge in [0, 0.05) is 38.4 Å². The number of nitrogens with zero attached hydrogens (tertiary/aromatic N) is 3. The number of sulfonamides is 1. The van der Waals surface area contributed by atoms with Crippen LogP contribution < -0.4 is 10.0 Å². The molecule has 1 amide bonds. The van der Waals surface area contributed by atoms with E-state index < -0.39 is 10.0 Å². The van der Waals surface area contributed by atoms with Gasteiger partial charge in [0.05, 0.1) is 12.9 Å². The van der Waals surface area contributed by atoms with Gasteiger partial charge in [-0.2, -0.15) is 0 Å². The summed E-state index contributed by atoms with van der Waals surface area (Å²) in [4.78, 5) is 17.8. The third kappa shape index (κ3) is 4.08. The number of likely N-dealkylation sites (N-methyl/N-ethyl adjacent to an activating group) is 1. The van der Waals surface area contributed by atoms with Crippen LogP contribution in [0.3, 0.4) is 0 Å². The Morgan fingerprint density at radius 3 is 2.58 bits per heavy atom. The Hall–Kier alpha value is -1.16. The second-order valence-corrected chi connectivity index (χ2v) is 8.18. The molecule has 2 N–H and O–H groups in total. The summed E-state index contributed by atoms with van der Waals surface area (Å²) in [6.45, 7) is -0.241. The lowest BCUT2D eigenvalue weighted by Gasteiger charge is -2.35. The highest BCUT2D eigenvalue weighted by molar-refractivity contribution is 7.89. The number of amides is 1. The number of carbonyl (C=O) groups is 1. The second kappa shape index (κ2) is 7.38. The quantitative estimate of drug-likeness (QED) is 0.744. The van der Waals surface area contributed by atoms with E-state index in [4.69, 9.17) is 0 Å². The molecule has 2 bridgehead atoms. The molecule has 0 saturated carbocycles. The molecule has 0 aliphatic carbocycles. The second-order valence-electron chi connectivity index (χ2n) is 6.47. The Labute approximate surface area is 148 Å².